The van der Waals surface area contributed by atoms with Crippen LogP contribution in [0.2, 0.25) is 0 Å². The highest BCUT2D eigenvalue weighted by Crippen LogP contribution is 2.29. The molecule has 1 N–H and O–H groups in total. The number of carbonyl (C=O) groups excluding carboxylic acids is 4. The number of aliphatic hydroxyl groups excluding tert-OH is 1. The van der Waals surface area contributed by atoms with Crippen molar-refractivity contribution in [2.75, 3.05) is 32.8 Å². The van der Waals surface area contributed by atoms with Gasteiger partial charge in [0.15, 0.2) is 0 Å². The zero-order valence-corrected chi connectivity index (χ0v) is 26.4. The number of benzene rings is 1. The molecule has 0 saturated carbocycles. The molecule has 2 amide bonds. The summed E-state index contributed by atoms with van der Waals surface area (Å²) < 4.78 is 8.95. The molecular formula is C30H42N8O6. The quantitative estimate of drug-likeness (QED) is 0.399. The maximum Gasteiger partial charge on any atom is 0.410 e. The lowest BCUT2D eigenvalue weighted by Gasteiger charge is -2.35. The Kier molecular flexibility index (Phi) is 11.5. The molecule has 1 aliphatic rings. The molecule has 44 heavy (non-hydrogen) atoms. The smallest absolute Gasteiger partial charge is 0.410 e. The van der Waals surface area contributed by atoms with E-state index in [1.807, 2.05) is 50.7 Å². The minimum Gasteiger partial charge on any atom is -0.444 e. The van der Waals surface area contributed by atoms with Crippen LogP contribution in [-0.4, -0.2) is 101 Å². The first kappa shape index (κ1) is 34.1. The first-order chi connectivity index (χ1) is 20.8. The normalized spacial score (nSPS) is 14.8. The van der Waals surface area contributed by atoms with Gasteiger partial charge in [-0.2, -0.15) is 9.59 Å². The summed E-state index contributed by atoms with van der Waals surface area (Å²) in [5, 5.41) is 26.8. The van der Waals surface area contributed by atoms with E-state index in [-0.39, 0.29) is 36.8 Å². The van der Waals surface area contributed by atoms with Gasteiger partial charge in [-0.05, 0) is 65.2 Å². The molecule has 1 fully saturated rings. The van der Waals surface area contributed by atoms with Crippen LogP contribution in [0.4, 0.5) is 4.79 Å². The van der Waals surface area contributed by atoms with Gasteiger partial charge in [-0.1, -0.05) is 24.3 Å². The van der Waals surface area contributed by atoms with Crippen LogP contribution in [0.3, 0.4) is 0 Å². The maximum atomic E-state index is 13.7. The fraction of sp³-hybridized carbons (Fsp3) is 0.567. The highest BCUT2D eigenvalue weighted by atomic mass is 16.6. The van der Waals surface area contributed by atoms with Crippen molar-refractivity contribution < 1.29 is 29.0 Å². The fourth-order valence-electron chi connectivity index (χ4n) is 4.77. The summed E-state index contributed by atoms with van der Waals surface area (Å²) in [6.07, 6.45) is 4.51. The van der Waals surface area contributed by atoms with E-state index in [9.17, 15) is 14.7 Å². The second kappa shape index (κ2) is 14.8. The Bertz CT molecular complexity index is 1450. The van der Waals surface area contributed by atoms with E-state index in [2.05, 4.69) is 41.4 Å². The average molecular weight is 611 g/mol. The summed E-state index contributed by atoms with van der Waals surface area (Å²) in [5.41, 5.74) is 2.59. The van der Waals surface area contributed by atoms with Crippen LogP contribution in [0.5, 0.6) is 0 Å². The van der Waals surface area contributed by atoms with Crippen molar-refractivity contribution in [2.45, 2.75) is 72.6 Å². The largest absolute Gasteiger partial charge is 0.444 e. The van der Waals surface area contributed by atoms with Gasteiger partial charge in [0.25, 0.3) is 5.91 Å². The zero-order valence-electron chi connectivity index (χ0n) is 26.4. The Hall–Kier alpha value is -4.42. The molecule has 3 heterocycles. The van der Waals surface area contributed by atoms with E-state index >= 15 is 0 Å². The molecule has 2 aromatic heterocycles. The van der Waals surface area contributed by atoms with E-state index in [1.165, 1.54) is 0 Å². The number of ether oxygens (including phenoxy) is 1. The summed E-state index contributed by atoms with van der Waals surface area (Å²) in [7, 11) is 0. The van der Waals surface area contributed by atoms with Crippen LogP contribution < -0.4 is 0 Å². The Morgan fingerprint density at radius 3 is 1.80 bits per heavy atom. The summed E-state index contributed by atoms with van der Waals surface area (Å²) >= 11 is 0. The van der Waals surface area contributed by atoms with Crippen molar-refractivity contribution in [3.8, 4) is 22.5 Å². The summed E-state index contributed by atoms with van der Waals surface area (Å²) in [6.45, 7) is 15.3. The van der Waals surface area contributed by atoms with Crippen LogP contribution in [-0.2, 0) is 14.3 Å². The summed E-state index contributed by atoms with van der Waals surface area (Å²) in [4.78, 5) is 45.9. The van der Waals surface area contributed by atoms with Gasteiger partial charge < -0.3 is 19.6 Å². The molecule has 1 aromatic carbocycles. The first-order valence-corrected chi connectivity index (χ1v) is 14.6. The predicted molar refractivity (Wildman–Crippen MR) is 159 cm³/mol. The molecule has 0 radical (unpaired) electrons. The molecule has 14 nitrogen and oxygen atoms in total. The van der Waals surface area contributed by atoms with Crippen molar-refractivity contribution in [1.29, 1.82) is 0 Å². The molecule has 3 aromatic rings. The molecule has 1 saturated heterocycles. The minimum atomic E-state index is -0.577. The second-order valence-corrected chi connectivity index (χ2v) is 12.3. The van der Waals surface area contributed by atoms with Crippen molar-refractivity contribution in [1.82, 2.24) is 39.8 Å². The highest BCUT2D eigenvalue weighted by Gasteiger charge is 2.29. The Labute approximate surface area is 257 Å². The number of carbonyl (C=O) groups is 2. The average Bonchev–Trinajstić information content (AvgIpc) is 3.67. The predicted octanol–water partition coefficient (Wildman–Crippen LogP) is 3.47. The zero-order chi connectivity index (χ0) is 32.6. The standard InChI is InChI=1S/C29H42N8O4.CO2/c1-19(2)12-20(3)36-16-25(30-32-36)22-13-23(26-17-37(33-31-26)21(4)18-38)15-24(14-22)27(39)34-8-10-35(11-9-34)28(40)41-29(5,6)7;2-1-3/h13-17,19-21,38H,8-12,18H2,1-7H3;/t20-,21-;/m1./s1. The van der Waals surface area contributed by atoms with Crippen LogP contribution >= 0.6 is 0 Å². The number of nitrogens with zero attached hydrogens (tertiary/aromatic N) is 8. The highest BCUT2D eigenvalue weighted by molar-refractivity contribution is 5.97. The molecule has 1 aliphatic heterocycles. The maximum absolute atomic E-state index is 13.7. The van der Waals surface area contributed by atoms with E-state index in [0.29, 0.717) is 54.6 Å². The number of hydrogen-bond donors (Lipinski definition) is 1. The third kappa shape index (κ3) is 9.04. The third-order valence-corrected chi connectivity index (χ3v) is 6.99. The molecule has 0 unspecified atom stereocenters. The number of piperazine rings is 1. The number of rotatable bonds is 8. The molecule has 0 spiro atoms. The lowest BCUT2D eigenvalue weighted by Crippen LogP contribution is -2.51. The number of aliphatic hydroxyl groups is 1. The molecule has 0 bridgehead atoms. The molecular weight excluding hydrogens is 568 g/mol. The van der Waals surface area contributed by atoms with Crippen LogP contribution in [0.25, 0.3) is 22.5 Å². The van der Waals surface area contributed by atoms with Gasteiger partial charge in [-0.15, -0.1) is 10.2 Å². The number of hydrogen-bond acceptors (Lipinski definition) is 10. The Morgan fingerprint density at radius 2 is 1.34 bits per heavy atom. The van der Waals surface area contributed by atoms with E-state index in [4.69, 9.17) is 14.3 Å². The first-order valence-electron chi connectivity index (χ1n) is 14.6. The van der Waals surface area contributed by atoms with Gasteiger partial charge in [0.2, 0.25) is 0 Å². The molecule has 0 aliphatic carbocycles. The van der Waals surface area contributed by atoms with E-state index < -0.39 is 5.60 Å². The number of aromatic nitrogens is 6. The van der Waals surface area contributed by atoms with Crippen LogP contribution in [0, 0.1) is 5.92 Å². The van der Waals surface area contributed by atoms with Gasteiger partial charge >= 0.3 is 12.2 Å². The van der Waals surface area contributed by atoms with Crippen molar-refractivity contribution in [3.63, 3.8) is 0 Å². The summed E-state index contributed by atoms with van der Waals surface area (Å²) in [6, 6.07) is 5.51. The molecule has 4 rings (SSSR count). The van der Waals surface area contributed by atoms with Crippen molar-refractivity contribution >= 4 is 18.2 Å². The number of amides is 2. The molecule has 238 valence electrons. The molecule has 14 heteroatoms. The van der Waals surface area contributed by atoms with Gasteiger partial charge in [-0.3, -0.25) is 4.79 Å². The summed E-state index contributed by atoms with van der Waals surface area (Å²) in [5.74, 6) is 0.374. The minimum absolute atomic E-state index is 0.0699. The van der Waals surface area contributed by atoms with Crippen LogP contribution in [0.1, 0.15) is 77.3 Å². The van der Waals surface area contributed by atoms with Gasteiger partial charge in [0, 0.05) is 42.9 Å². The Balaban J connectivity index is 0.00000169. The van der Waals surface area contributed by atoms with Crippen LogP contribution in [0.15, 0.2) is 30.6 Å². The Morgan fingerprint density at radius 1 is 0.864 bits per heavy atom. The van der Waals surface area contributed by atoms with E-state index in [1.54, 1.807) is 26.7 Å². The second-order valence-electron chi connectivity index (χ2n) is 12.3. The van der Waals surface area contributed by atoms with Gasteiger partial charge in [0.1, 0.15) is 17.0 Å². The van der Waals surface area contributed by atoms with Gasteiger partial charge in [0.05, 0.1) is 31.1 Å². The topological polar surface area (TPSA) is 166 Å². The fourth-order valence-corrected chi connectivity index (χ4v) is 4.77. The lowest BCUT2D eigenvalue weighted by atomic mass is 10.0. The third-order valence-electron chi connectivity index (χ3n) is 6.99. The molecule has 2 atom stereocenters. The van der Waals surface area contributed by atoms with Crippen molar-refractivity contribution in [3.05, 3.63) is 36.2 Å². The van der Waals surface area contributed by atoms with Gasteiger partial charge in [-0.25, -0.2) is 14.2 Å². The van der Waals surface area contributed by atoms with Crippen molar-refractivity contribution in [2.24, 2.45) is 5.92 Å². The lowest BCUT2D eigenvalue weighted by molar-refractivity contribution is -0.191. The van der Waals surface area contributed by atoms with E-state index in [0.717, 1.165) is 12.0 Å². The monoisotopic (exact) mass is 610 g/mol. The SMILES string of the molecule is CC(C)C[C@@H](C)n1cc(-c2cc(C(=O)N3CCN(C(=O)OC(C)(C)C)CC3)cc(-c3cn([C@H](C)CO)nn3)c2)nn1.O=C=O.